The molecule has 1 nitrogen and oxygen atoms in total. The maximum Gasteiger partial charge on any atom is 0.177 e. The van der Waals surface area contributed by atoms with E-state index in [1.54, 1.807) is 11.8 Å². The number of rotatable bonds is 2. The minimum Gasteiger partial charge on any atom is -0.392 e. The Balaban J connectivity index is 2.77. The van der Waals surface area contributed by atoms with Gasteiger partial charge >= 0.3 is 0 Å². The lowest BCUT2D eigenvalue weighted by Gasteiger charge is -2.02. The zero-order valence-corrected chi connectivity index (χ0v) is 9.21. The van der Waals surface area contributed by atoms with Crippen LogP contribution in [0.3, 0.4) is 0 Å². The number of aliphatic hydroxyl groups excluding tert-OH is 1. The van der Waals surface area contributed by atoms with Crippen molar-refractivity contribution in [3.63, 3.8) is 0 Å². The molecule has 0 amide bonds. The van der Waals surface area contributed by atoms with E-state index in [-0.39, 0.29) is 11.7 Å². The Morgan fingerprint density at radius 1 is 1.50 bits per heavy atom. The van der Waals surface area contributed by atoms with Crippen molar-refractivity contribution in [2.24, 2.45) is 0 Å². The van der Waals surface area contributed by atoms with Gasteiger partial charge in [-0.3, -0.25) is 0 Å². The second kappa shape index (κ2) is 3.88. The number of fused-ring (bicyclic) bond motifs is 1. The Bertz CT molecular complexity index is 423. The van der Waals surface area contributed by atoms with Crippen molar-refractivity contribution in [3.8, 4) is 0 Å². The third kappa shape index (κ3) is 1.54. The SMILES string of the molecule is CSc1ccc(CO)c2sc(F)cc12. The van der Waals surface area contributed by atoms with Crippen LogP contribution in [0.5, 0.6) is 0 Å². The first kappa shape index (κ1) is 9.96. The Labute approximate surface area is 89.6 Å². The monoisotopic (exact) mass is 228 g/mol. The molecule has 0 saturated carbocycles. The van der Waals surface area contributed by atoms with Crippen LogP contribution in [0.25, 0.3) is 10.1 Å². The predicted molar refractivity (Wildman–Crippen MR) is 59.5 cm³/mol. The fraction of sp³-hybridized carbons (Fsp3) is 0.200. The molecule has 0 unspecified atom stereocenters. The van der Waals surface area contributed by atoms with Crippen molar-refractivity contribution in [1.82, 2.24) is 0 Å². The molecule has 0 aliphatic heterocycles. The van der Waals surface area contributed by atoms with Gasteiger partial charge in [0.25, 0.3) is 0 Å². The Kier molecular flexibility index (Phi) is 2.76. The Hall–Kier alpha value is -0.580. The summed E-state index contributed by atoms with van der Waals surface area (Å²) in [7, 11) is 0. The van der Waals surface area contributed by atoms with Gasteiger partial charge in [-0.15, -0.1) is 23.1 Å². The summed E-state index contributed by atoms with van der Waals surface area (Å²) < 4.78 is 13.9. The summed E-state index contributed by atoms with van der Waals surface area (Å²) in [5, 5.41) is 9.80. The highest BCUT2D eigenvalue weighted by Crippen LogP contribution is 2.34. The van der Waals surface area contributed by atoms with Crippen LogP contribution in [-0.2, 0) is 6.61 Å². The molecule has 2 aromatic rings. The summed E-state index contributed by atoms with van der Waals surface area (Å²) in [5.74, 6) is 0. The van der Waals surface area contributed by atoms with Crippen molar-refractivity contribution in [1.29, 1.82) is 0 Å². The second-order valence-electron chi connectivity index (χ2n) is 2.88. The van der Waals surface area contributed by atoms with Crippen LogP contribution in [0.4, 0.5) is 4.39 Å². The Morgan fingerprint density at radius 2 is 2.29 bits per heavy atom. The van der Waals surface area contributed by atoms with E-state index in [0.717, 1.165) is 31.9 Å². The first-order chi connectivity index (χ1) is 6.76. The first-order valence-corrected chi connectivity index (χ1v) is 6.16. The molecule has 1 N–H and O–H groups in total. The lowest BCUT2D eigenvalue weighted by atomic mass is 10.2. The number of hydrogen-bond acceptors (Lipinski definition) is 3. The lowest BCUT2D eigenvalue weighted by Crippen LogP contribution is -1.83. The van der Waals surface area contributed by atoms with E-state index in [2.05, 4.69) is 0 Å². The second-order valence-corrected chi connectivity index (χ2v) is 4.73. The lowest BCUT2D eigenvalue weighted by molar-refractivity contribution is 0.283. The van der Waals surface area contributed by atoms with Crippen LogP contribution < -0.4 is 0 Å². The maximum atomic E-state index is 13.1. The van der Waals surface area contributed by atoms with E-state index in [1.165, 1.54) is 6.07 Å². The summed E-state index contributed by atoms with van der Waals surface area (Å²) in [5.41, 5.74) is 0.798. The van der Waals surface area contributed by atoms with Gasteiger partial charge in [0.2, 0.25) is 0 Å². The summed E-state index contributed by atoms with van der Waals surface area (Å²) in [6.07, 6.45) is 1.96. The molecular weight excluding hydrogens is 219 g/mol. The molecule has 1 heterocycles. The summed E-state index contributed by atoms with van der Waals surface area (Å²) in [6, 6.07) is 5.31. The van der Waals surface area contributed by atoms with Gasteiger partial charge in [0.05, 0.1) is 6.61 Å². The van der Waals surface area contributed by atoms with Crippen LogP contribution in [-0.4, -0.2) is 11.4 Å². The topological polar surface area (TPSA) is 20.2 Å². The third-order valence-corrected chi connectivity index (χ3v) is 3.88. The van der Waals surface area contributed by atoms with Gasteiger partial charge in [-0.2, -0.15) is 4.39 Å². The number of halogens is 1. The average molecular weight is 228 g/mol. The molecule has 74 valence electrons. The van der Waals surface area contributed by atoms with Crippen LogP contribution in [0.15, 0.2) is 23.1 Å². The van der Waals surface area contributed by atoms with Crippen LogP contribution in [0.2, 0.25) is 0 Å². The van der Waals surface area contributed by atoms with Crippen molar-refractivity contribution in [3.05, 3.63) is 28.9 Å². The van der Waals surface area contributed by atoms with Crippen LogP contribution in [0.1, 0.15) is 5.56 Å². The predicted octanol–water partition coefficient (Wildman–Crippen LogP) is 3.25. The highest BCUT2D eigenvalue weighted by molar-refractivity contribution is 7.98. The molecule has 1 aromatic heterocycles. The zero-order chi connectivity index (χ0) is 10.1. The average Bonchev–Trinajstić information content (AvgIpc) is 2.57. The quantitative estimate of drug-likeness (QED) is 0.796. The van der Waals surface area contributed by atoms with E-state index in [0.29, 0.717) is 0 Å². The van der Waals surface area contributed by atoms with Gasteiger partial charge < -0.3 is 5.11 Å². The largest absolute Gasteiger partial charge is 0.392 e. The Morgan fingerprint density at radius 3 is 2.93 bits per heavy atom. The number of thioether (sulfide) groups is 1. The van der Waals surface area contributed by atoms with Gasteiger partial charge in [0.1, 0.15) is 0 Å². The number of benzene rings is 1. The molecule has 4 heteroatoms. The van der Waals surface area contributed by atoms with Gasteiger partial charge in [-0.25, -0.2) is 0 Å². The van der Waals surface area contributed by atoms with Crippen molar-refractivity contribution in [2.75, 3.05) is 6.26 Å². The molecule has 1 aromatic carbocycles. The molecule has 0 aliphatic rings. The maximum absolute atomic E-state index is 13.1. The molecule has 0 saturated heterocycles. The minimum absolute atomic E-state index is 0.0366. The van der Waals surface area contributed by atoms with Crippen LogP contribution in [0, 0.1) is 5.13 Å². The van der Waals surface area contributed by atoms with Gasteiger partial charge in [0.15, 0.2) is 5.13 Å². The fourth-order valence-electron chi connectivity index (χ4n) is 1.43. The molecule has 14 heavy (non-hydrogen) atoms. The van der Waals surface area contributed by atoms with Crippen molar-refractivity contribution >= 4 is 33.2 Å². The van der Waals surface area contributed by atoms with Gasteiger partial charge in [-0.05, 0) is 24.0 Å². The molecule has 2 rings (SSSR count). The fourth-order valence-corrected chi connectivity index (χ4v) is 2.99. The molecule has 0 atom stereocenters. The molecule has 0 aliphatic carbocycles. The van der Waals surface area contributed by atoms with Gasteiger partial charge in [-0.1, -0.05) is 6.07 Å². The first-order valence-electron chi connectivity index (χ1n) is 4.12. The normalized spacial score (nSPS) is 11.1. The summed E-state index contributed by atoms with van der Waals surface area (Å²) in [6.45, 7) is -0.0366. The molecule has 0 bridgehead atoms. The number of thiophene rings is 1. The molecule has 0 radical (unpaired) electrons. The standard InChI is InChI=1S/C10H9FOS2/c1-13-8-3-2-6(5-12)10-7(8)4-9(11)14-10/h2-4,12H,5H2,1H3. The van der Waals surface area contributed by atoms with E-state index in [4.69, 9.17) is 5.11 Å². The van der Waals surface area contributed by atoms with E-state index < -0.39 is 0 Å². The van der Waals surface area contributed by atoms with Crippen molar-refractivity contribution < 1.29 is 9.50 Å². The van der Waals surface area contributed by atoms with Crippen molar-refractivity contribution in [2.45, 2.75) is 11.5 Å². The molecule has 0 fully saturated rings. The zero-order valence-electron chi connectivity index (χ0n) is 7.58. The number of aliphatic hydroxyl groups is 1. The number of hydrogen-bond donors (Lipinski definition) is 1. The van der Waals surface area contributed by atoms with Crippen LogP contribution >= 0.6 is 23.1 Å². The molecular formula is C10H9FOS2. The minimum atomic E-state index is -0.198. The summed E-state index contributed by atoms with van der Waals surface area (Å²) in [4.78, 5) is 1.05. The van der Waals surface area contributed by atoms with E-state index >= 15 is 0 Å². The smallest absolute Gasteiger partial charge is 0.177 e. The summed E-state index contributed by atoms with van der Waals surface area (Å²) >= 11 is 2.68. The highest BCUT2D eigenvalue weighted by Gasteiger charge is 2.09. The third-order valence-electron chi connectivity index (χ3n) is 2.09. The van der Waals surface area contributed by atoms with E-state index in [9.17, 15) is 4.39 Å². The highest BCUT2D eigenvalue weighted by atomic mass is 32.2. The van der Waals surface area contributed by atoms with Gasteiger partial charge in [0, 0.05) is 15.0 Å². The van der Waals surface area contributed by atoms with E-state index in [1.807, 2.05) is 18.4 Å². The molecule has 0 spiro atoms.